The van der Waals surface area contributed by atoms with Crippen molar-refractivity contribution in [1.29, 1.82) is 0 Å². The smallest absolute Gasteiger partial charge is 0.251 e. The molecule has 0 radical (unpaired) electrons. The summed E-state index contributed by atoms with van der Waals surface area (Å²) >= 11 is 5.64. The summed E-state index contributed by atoms with van der Waals surface area (Å²) in [5.41, 5.74) is 0.724. The van der Waals surface area contributed by atoms with Gasteiger partial charge < -0.3 is 10.2 Å². The number of hydrogen-bond acceptors (Lipinski definition) is 2. The summed E-state index contributed by atoms with van der Waals surface area (Å²) in [6.07, 6.45) is 2.22. The van der Waals surface area contributed by atoms with Gasteiger partial charge in [-0.25, -0.2) is 0 Å². The van der Waals surface area contributed by atoms with Crippen molar-refractivity contribution in [3.63, 3.8) is 0 Å². The second-order valence-electron chi connectivity index (χ2n) is 4.73. The van der Waals surface area contributed by atoms with Crippen LogP contribution in [0.5, 0.6) is 0 Å². The largest absolute Gasteiger partial charge is 0.348 e. The van der Waals surface area contributed by atoms with E-state index in [1.807, 2.05) is 18.2 Å². The molecule has 1 amide bonds. The number of likely N-dealkylation sites (N-methyl/N-ethyl adjacent to an activating group) is 1. The molecule has 1 atom stereocenters. The molecule has 0 aliphatic carbocycles. The maximum absolute atomic E-state index is 12.2. The molecule has 18 heavy (non-hydrogen) atoms. The van der Waals surface area contributed by atoms with Crippen LogP contribution >= 0.6 is 38.5 Å². The van der Waals surface area contributed by atoms with Crippen LogP contribution in [-0.4, -0.2) is 37.0 Å². The topological polar surface area (TPSA) is 32.3 Å². The van der Waals surface area contributed by atoms with Gasteiger partial charge in [0.05, 0.1) is 0 Å². The first kappa shape index (κ1) is 14.3. The summed E-state index contributed by atoms with van der Waals surface area (Å²) in [4.78, 5) is 14.4. The molecule has 1 saturated heterocycles. The van der Waals surface area contributed by atoms with E-state index in [1.54, 1.807) is 0 Å². The van der Waals surface area contributed by atoms with Gasteiger partial charge >= 0.3 is 0 Å². The van der Waals surface area contributed by atoms with Gasteiger partial charge in [0, 0.05) is 26.2 Å². The number of halogens is 2. The van der Waals surface area contributed by atoms with Crippen molar-refractivity contribution in [2.75, 3.05) is 20.1 Å². The maximum Gasteiger partial charge on any atom is 0.251 e. The summed E-state index contributed by atoms with van der Waals surface area (Å²) in [5.74, 6) is 0.0227. The van der Waals surface area contributed by atoms with E-state index in [0.717, 1.165) is 39.5 Å². The predicted octanol–water partition coefficient (Wildman–Crippen LogP) is 2.88. The Morgan fingerprint density at radius 3 is 2.94 bits per heavy atom. The van der Waals surface area contributed by atoms with E-state index in [2.05, 4.69) is 55.8 Å². The lowest BCUT2D eigenvalue weighted by molar-refractivity contribution is 0.0912. The number of likely N-dealkylation sites (tertiary alicyclic amines) is 1. The Hall–Kier alpha value is -0.140. The van der Waals surface area contributed by atoms with Crippen LogP contribution < -0.4 is 5.32 Å². The molecule has 0 unspecified atom stereocenters. The van der Waals surface area contributed by atoms with E-state index in [0.29, 0.717) is 0 Å². The number of carbonyl (C=O) groups excluding carboxylic acids is 1. The standard InChI is InChI=1S/C13H16BrIN2O/c1-17-4-2-3-12(8-17)16-13(18)9-5-10(14)7-11(15)6-9/h5-7,12H,2-4,8H2,1H3,(H,16,18)/t12-/m1/s1. The molecule has 3 nitrogen and oxygen atoms in total. The molecule has 98 valence electrons. The lowest BCUT2D eigenvalue weighted by Gasteiger charge is -2.30. The van der Waals surface area contributed by atoms with Crippen LogP contribution in [0, 0.1) is 3.57 Å². The Labute approximate surface area is 130 Å². The van der Waals surface area contributed by atoms with Gasteiger partial charge in [-0.15, -0.1) is 0 Å². The van der Waals surface area contributed by atoms with Crippen LogP contribution in [-0.2, 0) is 0 Å². The van der Waals surface area contributed by atoms with E-state index in [9.17, 15) is 4.79 Å². The third kappa shape index (κ3) is 3.93. The molecule has 0 saturated carbocycles. The van der Waals surface area contributed by atoms with Crippen molar-refractivity contribution < 1.29 is 4.79 Å². The summed E-state index contributed by atoms with van der Waals surface area (Å²) in [6.45, 7) is 2.07. The molecular weight excluding hydrogens is 407 g/mol. The van der Waals surface area contributed by atoms with E-state index >= 15 is 0 Å². The fourth-order valence-corrected chi connectivity index (χ4v) is 3.83. The highest BCUT2D eigenvalue weighted by atomic mass is 127. The zero-order valence-corrected chi connectivity index (χ0v) is 14.0. The molecular formula is C13H16BrIN2O. The average Bonchev–Trinajstić information content (AvgIpc) is 2.27. The fourth-order valence-electron chi connectivity index (χ4n) is 2.24. The van der Waals surface area contributed by atoms with E-state index in [-0.39, 0.29) is 11.9 Å². The maximum atomic E-state index is 12.2. The summed E-state index contributed by atoms with van der Waals surface area (Å²) in [6, 6.07) is 6.04. The fraction of sp³-hybridized carbons (Fsp3) is 0.462. The SMILES string of the molecule is CN1CCC[C@@H](NC(=O)c2cc(Br)cc(I)c2)C1. The van der Waals surface area contributed by atoms with Crippen molar-refractivity contribution >= 4 is 44.4 Å². The minimum absolute atomic E-state index is 0.0227. The minimum atomic E-state index is 0.0227. The second kappa shape index (κ2) is 6.34. The van der Waals surface area contributed by atoms with E-state index < -0.39 is 0 Å². The Morgan fingerprint density at radius 1 is 1.50 bits per heavy atom. The lowest BCUT2D eigenvalue weighted by Crippen LogP contribution is -2.46. The number of nitrogens with one attached hydrogen (secondary N) is 1. The van der Waals surface area contributed by atoms with Gasteiger partial charge in [0.15, 0.2) is 0 Å². The number of hydrogen-bond donors (Lipinski definition) is 1. The average molecular weight is 423 g/mol. The van der Waals surface area contributed by atoms with Gasteiger partial charge in [0.25, 0.3) is 5.91 Å². The zero-order chi connectivity index (χ0) is 13.1. The molecule has 2 rings (SSSR count). The predicted molar refractivity (Wildman–Crippen MR) is 84.8 cm³/mol. The van der Waals surface area contributed by atoms with Gasteiger partial charge in [-0.2, -0.15) is 0 Å². The number of nitrogens with zero attached hydrogens (tertiary/aromatic N) is 1. The molecule has 1 aliphatic heterocycles. The number of piperidine rings is 1. The van der Waals surface area contributed by atoms with Crippen molar-refractivity contribution in [2.45, 2.75) is 18.9 Å². The molecule has 1 aromatic rings. The van der Waals surface area contributed by atoms with Gasteiger partial charge in [-0.05, 0) is 67.2 Å². The van der Waals surface area contributed by atoms with Crippen molar-refractivity contribution in [3.8, 4) is 0 Å². The monoisotopic (exact) mass is 422 g/mol. The first-order valence-electron chi connectivity index (χ1n) is 6.00. The highest BCUT2D eigenvalue weighted by Crippen LogP contribution is 2.18. The molecule has 1 aromatic carbocycles. The Bertz CT molecular complexity index is 432. The molecule has 0 spiro atoms. The molecule has 1 heterocycles. The number of carbonyl (C=O) groups is 1. The highest BCUT2D eigenvalue weighted by molar-refractivity contribution is 14.1. The zero-order valence-electron chi connectivity index (χ0n) is 10.2. The van der Waals surface area contributed by atoms with Crippen molar-refractivity contribution in [2.24, 2.45) is 0 Å². The van der Waals surface area contributed by atoms with Crippen LogP contribution in [0.15, 0.2) is 22.7 Å². The molecule has 0 aromatic heterocycles. The number of rotatable bonds is 2. The van der Waals surface area contributed by atoms with E-state index in [4.69, 9.17) is 0 Å². The normalized spacial score (nSPS) is 20.7. The third-order valence-corrected chi connectivity index (χ3v) is 4.17. The number of benzene rings is 1. The van der Waals surface area contributed by atoms with Crippen LogP contribution in [0.4, 0.5) is 0 Å². The van der Waals surface area contributed by atoms with Crippen LogP contribution in [0.2, 0.25) is 0 Å². The van der Waals surface area contributed by atoms with Crippen molar-refractivity contribution in [3.05, 3.63) is 31.8 Å². The first-order chi connectivity index (χ1) is 8.54. The summed E-state index contributed by atoms with van der Waals surface area (Å²) in [7, 11) is 2.10. The Balaban J connectivity index is 2.02. The molecule has 0 bridgehead atoms. The molecule has 1 fully saturated rings. The van der Waals surface area contributed by atoms with E-state index in [1.165, 1.54) is 0 Å². The minimum Gasteiger partial charge on any atom is -0.348 e. The lowest BCUT2D eigenvalue weighted by atomic mass is 10.1. The highest BCUT2D eigenvalue weighted by Gasteiger charge is 2.19. The van der Waals surface area contributed by atoms with Crippen LogP contribution in [0.3, 0.4) is 0 Å². The second-order valence-corrected chi connectivity index (χ2v) is 6.89. The summed E-state index contributed by atoms with van der Waals surface area (Å²) < 4.78 is 2.01. The molecule has 1 aliphatic rings. The van der Waals surface area contributed by atoms with Gasteiger partial charge in [-0.3, -0.25) is 4.79 Å². The molecule has 1 N–H and O–H groups in total. The third-order valence-electron chi connectivity index (χ3n) is 3.08. The van der Waals surface area contributed by atoms with Crippen molar-refractivity contribution in [1.82, 2.24) is 10.2 Å². The van der Waals surface area contributed by atoms with Crippen LogP contribution in [0.25, 0.3) is 0 Å². The number of amides is 1. The first-order valence-corrected chi connectivity index (χ1v) is 7.87. The van der Waals surface area contributed by atoms with Gasteiger partial charge in [-0.1, -0.05) is 15.9 Å². The van der Waals surface area contributed by atoms with Gasteiger partial charge in [0.1, 0.15) is 0 Å². The summed E-state index contributed by atoms with van der Waals surface area (Å²) in [5, 5.41) is 3.12. The Morgan fingerprint density at radius 2 is 2.28 bits per heavy atom. The van der Waals surface area contributed by atoms with Gasteiger partial charge in [0.2, 0.25) is 0 Å². The van der Waals surface area contributed by atoms with Crippen LogP contribution in [0.1, 0.15) is 23.2 Å². The Kier molecular flexibility index (Phi) is 5.03. The molecule has 5 heteroatoms. The quantitative estimate of drug-likeness (QED) is 0.743.